The summed E-state index contributed by atoms with van der Waals surface area (Å²) < 4.78 is 38.3. The van der Waals surface area contributed by atoms with Crippen LogP contribution in [0.5, 0.6) is 0 Å². The fourth-order valence-electron chi connectivity index (χ4n) is 3.99. The van der Waals surface area contributed by atoms with Crippen LogP contribution in [0.2, 0.25) is 0 Å². The van der Waals surface area contributed by atoms with Crippen molar-refractivity contribution in [1.29, 1.82) is 0 Å². The van der Waals surface area contributed by atoms with Crippen LogP contribution in [0.1, 0.15) is 40.5 Å². The SMILES string of the molecule is CCOC(=O)C(=C(N)S[C@H]1O[C@@H](COC(C)=O)[C@H](OC(C)=O)[C@@H](OC(C)=O)[C@@H]1OC(C)=O)c1nnc(-c2ccccc2)o1. The molecule has 2 N–H and O–H groups in total. The van der Waals surface area contributed by atoms with Crippen molar-refractivity contribution >= 4 is 47.2 Å². The molecule has 16 heteroatoms. The lowest BCUT2D eigenvalue weighted by Crippen LogP contribution is -2.61. The van der Waals surface area contributed by atoms with Crippen molar-refractivity contribution in [3.8, 4) is 11.5 Å². The van der Waals surface area contributed by atoms with E-state index in [1.807, 2.05) is 0 Å². The molecule has 5 atom stereocenters. The number of esters is 5. The van der Waals surface area contributed by atoms with Gasteiger partial charge >= 0.3 is 29.8 Å². The normalized spacial score (nSPS) is 22.0. The van der Waals surface area contributed by atoms with E-state index in [2.05, 4.69) is 10.2 Å². The Hall–Kier alpha value is -4.44. The first-order valence-electron chi connectivity index (χ1n) is 12.9. The van der Waals surface area contributed by atoms with Crippen LogP contribution in [0.4, 0.5) is 0 Å². The Kier molecular flexibility index (Phi) is 11.7. The quantitative estimate of drug-likeness (QED) is 0.215. The smallest absolute Gasteiger partial charge is 0.346 e. The summed E-state index contributed by atoms with van der Waals surface area (Å²) in [5.41, 5.74) is 5.36. The molecule has 0 bridgehead atoms. The zero-order chi connectivity index (χ0) is 31.7. The lowest BCUT2D eigenvalue weighted by molar-refractivity contribution is -0.237. The predicted octanol–water partition coefficient (Wildman–Crippen LogP) is 1.74. The molecule has 0 aliphatic carbocycles. The summed E-state index contributed by atoms with van der Waals surface area (Å²) in [7, 11) is 0. The average Bonchev–Trinajstić information content (AvgIpc) is 3.40. The van der Waals surface area contributed by atoms with Crippen LogP contribution in [0.3, 0.4) is 0 Å². The van der Waals surface area contributed by atoms with Crippen molar-refractivity contribution < 1.29 is 56.8 Å². The second kappa shape index (κ2) is 15.2. The Morgan fingerprint density at radius 3 is 2.02 bits per heavy atom. The van der Waals surface area contributed by atoms with E-state index in [9.17, 15) is 24.0 Å². The van der Waals surface area contributed by atoms with E-state index in [-0.39, 0.29) is 29.0 Å². The summed E-state index contributed by atoms with van der Waals surface area (Å²) in [6, 6.07) is 8.76. The number of thioether (sulfide) groups is 1. The van der Waals surface area contributed by atoms with Crippen molar-refractivity contribution in [3.63, 3.8) is 0 Å². The summed E-state index contributed by atoms with van der Waals surface area (Å²) in [6.45, 7) is 5.60. The van der Waals surface area contributed by atoms with Crippen LogP contribution in [0.15, 0.2) is 39.8 Å². The second-order valence-corrected chi connectivity index (χ2v) is 10.1. The fraction of sp³-hybridized carbons (Fsp3) is 0.444. The first-order valence-corrected chi connectivity index (χ1v) is 13.8. The summed E-state index contributed by atoms with van der Waals surface area (Å²) in [5, 5.41) is 7.70. The summed E-state index contributed by atoms with van der Waals surface area (Å²) in [6.07, 6.45) is -5.42. The molecule has 0 unspecified atom stereocenters. The van der Waals surface area contributed by atoms with E-state index in [1.54, 1.807) is 37.3 Å². The van der Waals surface area contributed by atoms with Crippen LogP contribution in [0.25, 0.3) is 17.0 Å². The first-order chi connectivity index (χ1) is 20.4. The number of benzene rings is 1. The van der Waals surface area contributed by atoms with Crippen LogP contribution < -0.4 is 5.73 Å². The van der Waals surface area contributed by atoms with E-state index in [0.29, 0.717) is 17.3 Å². The van der Waals surface area contributed by atoms with Gasteiger partial charge in [0.1, 0.15) is 12.7 Å². The molecule has 232 valence electrons. The van der Waals surface area contributed by atoms with Crippen molar-refractivity contribution in [1.82, 2.24) is 10.2 Å². The van der Waals surface area contributed by atoms with Crippen molar-refractivity contribution in [2.75, 3.05) is 13.2 Å². The minimum absolute atomic E-state index is 0.0149. The molecule has 1 aromatic heterocycles. The average molecular weight is 622 g/mol. The standard InChI is InChI=1S/C27H31N3O12S/c1-6-36-26(35)19(25-30-29-24(42-25)17-10-8-7-9-11-17)23(28)43-27-22(40-16(5)34)21(39-15(4)33)20(38-14(3)32)18(41-27)12-37-13(2)31/h7-11,18,20-22,27H,6,12,28H2,1-5H3/t18-,20-,21+,22-,27+/m0/s1. The topological polar surface area (TPSA) is 206 Å². The van der Waals surface area contributed by atoms with Gasteiger partial charge in [-0.3, -0.25) is 19.2 Å². The molecule has 0 saturated carbocycles. The Labute approximate surface area is 250 Å². The molecule has 1 fully saturated rings. The molecular formula is C27H31N3O12S. The fourth-order valence-corrected chi connectivity index (χ4v) is 5.07. The molecule has 0 radical (unpaired) electrons. The Balaban J connectivity index is 2.09. The van der Waals surface area contributed by atoms with Gasteiger partial charge < -0.3 is 38.6 Å². The van der Waals surface area contributed by atoms with Gasteiger partial charge in [-0.2, -0.15) is 0 Å². The number of nitrogens with two attached hydrogens (primary N) is 1. The molecule has 15 nitrogen and oxygen atoms in total. The highest BCUT2D eigenvalue weighted by molar-refractivity contribution is 8.03. The highest BCUT2D eigenvalue weighted by Crippen LogP contribution is 2.38. The van der Waals surface area contributed by atoms with Crippen molar-refractivity contribution in [3.05, 3.63) is 41.3 Å². The molecular weight excluding hydrogens is 590 g/mol. The summed E-state index contributed by atoms with van der Waals surface area (Å²) in [4.78, 5) is 60.8. The van der Waals surface area contributed by atoms with Crippen molar-refractivity contribution in [2.45, 2.75) is 64.5 Å². The number of rotatable bonds is 11. The van der Waals surface area contributed by atoms with Crippen LogP contribution >= 0.6 is 11.8 Å². The van der Waals surface area contributed by atoms with Gasteiger partial charge in [-0.25, -0.2) is 4.79 Å². The van der Waals surface area contributed by atoms with E-state index < -0.39 is 66.3 Å². The third-order valence-electron chi connectivity index (χ3n) is 5.58. The van der Waals surface area contributed by atoms with E-state index >= 15 is 0 Å². The van der Waals surface area contributed by atoms with Gasteiger partial charge in [-0.1, -0.05) is 30.0 Å². The maximum absolute atomic E-state index is 13.0. The summed E-state index contributed by atoms with van der Waals surface area (Å²) >= 11 is 0.680. The number of hydrogen-bond donors (Lipinski definition) is 1. The monoisotopic (exact) mass is 621 g/mol. The number of carbonyl (C=O) groups is 5. The van der Waals surface area contributed by atoms with Crippen LogP contribution in [0, 0.1) is 0 Å². The van der Waals surface area contributed by atoms with Crippen LogP contribution in [-0.2, 0) is 52.4 Å². The predicted molar refractivity (Wildman–Crippen MR) is 147 cm³/mol. The Morgan fingerprint density at radius 2 is 1.44 bits per heavy atom. The third kappa shape index (κ3) is 9.02. The van der Waals surface area contributed by atoms with Gasteiger partial charge in [0.25, 0.3) is 5.89 Å². The molecule has 0 amide bonds. The molecule has 1 aliphatic rings. The molecule has 3 rings (SSSR count). The Morgan fingerprint density at radius 1 is 0.837 bits per heavy atom. The number of hydrogen-bond acceptors (Lipinski definition) is 16. The number of ether oxygens (including phenoxy) is 6. The van der Waals surface area contributed by atoms with E-state index in [1.165, 1.54) is 0 Å². The van der Waals surface area contributed by atoms with Crippen molar-refractivity contribution in [2.24, 2.45) is 5.73 Å². The maximum Gasteiger partial charge on any atom is 0.346 e. The maximum atomic E-state index is 13.0. The Bertz CT molecular complexity index is 1360. The largest absolute Gasteiger partial charge is 0.463 e. The van der Waals surface area contributed by atoms with Gasteiger partial charge in [0, 0.05) is 33.3 Å². The second-order valence-electron chi connectivity index (χ2n) is 8.92. The minimum atomic E-state index is -1.43. The lowest BCUT2D eigenvalue weighted by Gasteiger charge is -2.44. The van der Waals surface area contributed by atoms with Gasteiger partial charge in [0.15, 0.2) is 29.3 Å². The van der Waals surface area contributed by atoms with Gasteiger partial charge in [-0.05, 0) is 19.1 Å². The molecule has 2 aromatic rings. The van der Waals surface area contributed by atoms with E-state index in [4.69, 9.17) is 38.6 Å². The van der Waals surface area contributed by atoms with Gasteiger partial charge in [0.05, 0.1) is 11.6 Å². The molecule has 43 heavy (non-hydrogen) atoms. The molecule has 2 heterocycles. The third-order valence-corrected chi connectivity index (χ3v) is 6.65. The summed E-state index contributed by atoms with van der Waals surface area (Å²) in [5.74, 6) is -4.12. The molecule has 0 spiro atoms. The van der Waals surface area contributed by atoms with Gasteiger partial charge in [0.2, 0.25) is 5.89 Å². The molecule has 1 saturated heterocycles. The zero-order valence-corrected chi connectivity index (χ0v) is 24.8. The number of aromatic nitrogens is 2. The lowest BCUT2D eigenvalue weighted by atomic mass is 9.99. The number of carbonyl (C=O) groups excluding carboxylic acids is 5. The van der Waals surface area contributed by atoms with Gasteiger partial charge in [-0.15, -0.1) is 10.2 Å². The number of nitrogens with zero attached hydrogens (tertiary/aromatic N) is 2. The first kappa shape index (κ1) is 33.1. The molecule has 1 aromatic carbocycles. The van der Waals surface area contributed by atoms with Crippen LogP contribution in [-0.4, -0.2) is 83.1 Å². The van der Waals surface area contributed by atoms with E-state index in [0.717, 1.165) is 27.7 Å². The highest BCUT2D eigenvalue weighted by Gasteiger charge is 2.52. The minimum Gasteiger partial charge on any atom is -0.463 e. The molecule has 1 aliphatic heterocycles. The zero-order valence-electron chi connectivity index (χ0n) is 24.0. The highest BCUT2D eigenvalue weighted by atomic mass is 32.2.